The molecule has 3 heteroatoms. The largest absolute Gasteiger partial charge is 0.396 e. The second kappa shape index (κ2) is 12.4. The van der Waals surface area contributed by atoms with Crippen molar-refractivity contribution in [3.63, 3.8) is 0 Å². The van der Waals surface area contributed by atoms with Crippen molar-refractivity contribution < 1.29 is 10.2 Å². The lowest BCUT2D eigenvalue weighted by molar-refractivity contribution is 0.0849. The third-order valence-electron chi connectivity index (χ3n) is 4.85. The van der Waals surface area contributed by atoms with Crippen molar-refractivity contribution in [1.29, 1.82) is 0 Å². The van der Waals surface area contributed by atoms with Crippen LogP contribution in [0.15, 0.2) is 0 Å². The molecular weight excluding hydrogens is 262 g/mol. The van der Waals surface area contributed by atoms with Crippen molar-refractivity contribution >= 4 is 0 Å². The Morgan fingerprint density at radius 3 is 1.86 bits per heavy atom. The first-order valence-electron chi connectivity index (χ1n) is 9.29. The highest BCUT2D eigenvalue weighted by Gasteiger charge is 2.24. The fourth-order valence-electron chi connectivity index (χ4n) is 3.33. The van der Waals surface area contributed by atoms with Crippen molar-refractivity contribution in [1.82, 2.24) is 5.32 Å². The van der Waals surface area contributed by atoms with Gasteiger partial charge in [0.05, 0.1) is 6.10 Å². The van der Waals surface area contributed by atoms with E-state index >= 15 is 0 Å². The zero-order chi connectivity index (χ0) is 15.3. The molecule has 1 aliphatic heterocycles. The average Bonchev–Trinajstić information content (AvgIpc) is 2.48. The second-order valence-corrected chi connectivity index (χ2v) is 6.84. The maximum absolute atomic E-state index is 9.68. The molecule has 3 nitrogen and oxygen atoms in total. The van der Waals surface area contributed by atoms with Crippen molar-refractivity contribution in [3.8, 4) is 0 Å². The molecule has 126 valence electrons. The van der Waals surface area contributed by atoms with Crippen LogP contribution in [0.2, 0.25) is 0 Å². The Hall–Kier alpha value is -0.120. The number of piperidine rings is 1. The van der Waals surface area contributed by atoms with E-state index < -0.39 is 0 Å². The molecule has 0 spiro atoms. The Morgan fingerprint density at radius 1 is 0.810 bits per heavy atom. The normalized spacial score (nSPS) is 26.1. The van der Waals surface area contributed by atoms with Gasteiger partial charge >= 0.3 is 0 Å². The molecule has 21 heavy (non-hydrogen) atoms. The number of rotatable bonds is 12. The van der Waals surface area contributed by atoms with Crippen LogP contribution in [0.5, 0.6) is 0 Å². The highest BCUT2D eigenvalue weighted by atomic mass is 16.3. The monoisotopic (exact) mass is 299 g/mol. The molecule has 3 atom stereocenters. The summed E-state index contributed by atoms with van der Waals surface area (Å²) in [6.45, 7) is 2.45. The van der Waals surface area contributed by atoms with Gasteiger partial charge in [0, 0.05) is 18.7 Å². The average molecular weight is 299 g/mol. The molecule has 0 aromatic rings. The van der Waals surface area contributed by atoms with Crippen LogP contribution in [0.1, 0.15) is 90.4 Å². The van der Waals surface area contributed by atoms with Crippen molar-refractivity contribution in [3.05, 3.63) is 0 Å². The topological polar surface area (TPSA) is 52.5 Å². The van der Waals surface area contributed by atoms with Gasteiger partial charge in [0.2, 0.25) is 0 Å². The van der Waals surface area contributed by atoms with Crippen LogP contribution < -0.4 is 5.32 Å². The van der Waals surface area contributed by atoms with E-state index in [1.807, 2.05) is 0 Å². The van der Waals surface area contributed by atoms with Gasteiger partial charge in [0.25, 0.3) is 0 Å². The first-order chi connectivity index (χ1) is 10.2. The molecule has 0 radical (unpaired) electrons. The molecule has 0 aromatic carbocycles. The van der Waals surface area contributed by atoms with Crippen LogP contribution in [-0.4, -0.2) is 35.0 Å². The van der Waals surface area contributed by atoms with Crippen LogP contribution in [0.25, 0.3) is 0 Å². The molecule has 3 N–H and O–H groups in total. The third-order valence-corrected chi connectivity index (χ3v) is 4.85. The van der Waals surface area contributed by atoms with Crippen molar-refractivity contribution in [2.24, 2.45) is 0 Å². The maximum Gasteiger partial charge on any atom is 0.0691 e. The Bertz CT molecular complexity index is 235. The standard InChI is InChI=1S/C18H37NO2/c1-16-18(21)14-13-17(19-16)12-10-8-6-4-2-3-5-7-9-11-15-20/h16-21H,2-15H2,1H3/t16-,17+,18+/m1/s1. The molecular formula is C18H37NO2. The second-order valence-electron chi connectivity index (χ2n) is 6.84. The van der Waals surface area contributed by atoms with Gasteiger partial charge < -0.3 is 15.5 Å². The predicted molar refractivity (Wildman–Crippen MR) is 89.5 cm³/mol. The quantitative estimate of drug-likeness (QED) is 0.481. The fourth-order valence-corrected chi connectivity index (χ4v) is 3.33. The summed E-state index contributed by atoms with van der Waals surface area (Å²) < 4.78 is 0. The van der Waals surface area contributed by atoms with E-state index in [2.05, 4.69) is 12.2 Å². The van der Waals surface area contributed by atoms with Crippen LogP contribution in [0.4, 0.5) is 0 Å². The Morgan fingerprint density at radius 2 is 1.33 bits per heavy atom. The molecule has 0 aromatic heterocycles. The number of nitrogens with one attached hydrogen (secondary N) is 1. The molecule has 0 saturated carbocycles. The summed E-state index contributed by atoms with van der Waals surface area (Å²) in [6, 6.07) is 0.907. The number of aliphatic hydroxyl groups excluding tert-OH is 2. The Labute approximate surface area is 131 Å². The van der Waals surface area contributed by atoms with Gasteiger partial charge in [-0.25, -0.2) is 0 Å². The van der Waals surface area contributed by atoms with Gasteiger partial charge in [-0.1, -0.05) is 57.8 Å². The minimum atomic E-state index is -0.140. The molecule has 0 amide bonds. The van der Waals surface area contributed by atoms with Gasteiger partial charge in [0.1, 0.15) is 0 Å². The summed E-state index contributed by atoms with van der Waals surface area (Å²) >= 11 is 0. The molecule has 0 bridgehead atoms. The summed E-state index contributed by atoms with van der Waals surface area (Å²) in [5.74, 6) is 0. The van der Waals surface area contributed by atoms with E-state index in [0.29, 0.717) is 12.6 Å². The SMILES string of the molecule is C[C@H]1N[C@@H](CCCCCCCCCCCCO)CC[C@@H]1O. The number of hydrogen-bond acceptors (Lipinski definition) is 3. The first-order valence-corrected chi connectivity index (χ1v) is 9.29. The lowest BCUT2D eigenvalue weighted by atomic mass is 9.93. The summed E-state index contributed by atoms with van der Waals surface area (Å²) in [4.78, 5) is 0. The van der Waals surface area contributed by atoms with E-state index in [0.717, 1.165) is 19.3 Å². The van der Waals surface area contributed by atoms with Crippen LogP contribution in [0, 0.1) is 0 Å². The van der Waals surface area contributed by atoms with Crippen LogP contribution in [-0.2, 0) is 0 Å². The Balaban J connectivity index is 1.80. The molecule has 1 heterocycles. The Kier molecular flexibility index (Phi) is 11.2. The number of aliphatic hydroxyl groups is 2. The molecule has 1 aliphatic rings. The molecule has 0 aliphatic carbocycles. The zero-order valence-corrected chi connectivity index (χ0v) is 14.0. The highest BCUT2D eigenvalue weighted by molar-refractivity contribution is 4.83. The van der Waals surface area contributed by atoms with E-state index in [1.54, 1.807) is 0 Å². The summed E-state index contributed by atoms with van der Waals surface area (Å²) in [7, 11) is 0. The minimum Gasteiger partial charge on any atom is -0.396 e. The maximum atomic E-state index is 9.68. The van der Waals surface area contributed by atoms with Gasteiger partial charge in [-0.2, -0.15) is 0 Å². The lowest BCUT2D eigenvalue weighted by Crippen LogP contribution is -2.48. The highest BCUT2D eigenvalue weighted by Crippen LogP contribution is 2.18. The molecule has 1 rings (SSSR count). The molecule has 0 unspecified atom stereocenters. The van der Waals surface area contributed by atoms with E-state index in [4.69, 9.17) is 5.11 Å². The first kappa shape index (κ1) is 18.9. The smallest absolute Gasteiger partial charge is 0.0691 e. The van der Waals surface area contributed by atoms with Crippen molar-refractivity contribution in [2.45, 2.75) is 109 Å². The van der Waals surface area contributed by atoms with E-state index in [-0.39, 0.29) is 12.1 Å². The van der Waals surface area contributed by atoms with Crippen LogP contribution >= 0.6 is 0 Å². The van der Waals surface area contributed by atoms with E-state index in [9.17, 15) is 5.11 Å². The number of hydrogen-bond donors (Lipinski definition) is 3. The third kappa shape index (κ3) is 9.49. The zero-order valence-electron chi connectivity index (χ0n) is 14.0. The van der Waals surface area contributed by atoms with E-state index in [1.165, 1.54) is 64.2 Å². The molecule has 1 fully saturated rings. The van der Waals surface area contributed by atoms with Gasteiger partial charge in [0.15, 0.2) is 0 Å². The minimum absolute atomic E-state index is 0.140. The number of unbranched alkanes of at least 4 members (excludes halogenated alkanes) is 9. The van der Waals surface area contributed by atoms with Gasteiger partial charge in [-0.3, -0.25) is 0 Å². The van der Waals surface area contributed by atoms with Crippen molar-refractivity contribution in [2.75, 3.05) is 6.61 Å². The summed E-state index contributed by atoms with van der Waals surface area (Å²) in [6.07, 6.45) is 16.2. The fraction of sp³-hybridized carbons (Fsp3) is 1.00. The summed E-state index contributed by atoms with van der Waals surface area (Å²) in [5.41, 5.74) is 0. The van der Waals surface area contributed by atoms with Gasteiger partial charge in [-0.15, -0.1) is 0 Å². The predicted octanol–water partition coefficient (Wildman–Crippen LogP) is 3.77. The van der Waals surface area contributed by atoms with Crippen LogP contribution in [0.3, 0.4) is 0 Å². The molecule has 1 saturated heterocycles. The lowest BCUT2D eigenvalue weighted by Gasteiger charge is -2.32. The summed E-state index contributed by atoms with van der Waals surface area (Å²) in [5, 5.41) is 21.9. The van der Waals surface area contributed by atoms with Gasteiger partial charge in [-0.05, 0) is 32.6 Å².